The first-order valence-corrected chi connectivity index (χ1v) is 6.86. The van der Waals surface area contributed by atoms with E-state index in [1.165, 1.54) is 0 Å². The summed E-state index contributed by atoms with van der Waals surface area (Å²) in [7, 11) is 0. The Balaban J connectivity index is 2.49. The van der Waals surface area contributed by atoms with Gasteiger partial charge in [0.05, 0.1) is 6.20 Å². The number of nitrogen functional groups attached to an aromatic ring is 1. The Bertz CT molecular complexity index is 562. The van der Waals surface area contributed by atoms with E-state index < -0.39 is 0 Å². The standard InChI is InChI=1S/C14H23N5/c1-6-18-13(15)12(17-14(18)9(2)3)11-7-16-19(8-11)10(4)5/h7-10H,6,15H2,1-5H3. The Hall–Kier alpha value is -1.78. The number of nitrogens with two attached hydrogens (primary N) is 1. The van der Waals surface area contributed by atoms with Gasteiger partial charge in [-0.1, -0.05) is 13.8 Å². The van der Waals surface area contributed by atoms with E-state index in [2.05, 4.69) is 44.3 Å². The van der Waals surface area contributed by atoms with E-state index in [-0.39, 0.29) is 0 Å². The van der Waals surface area contributed by atoms with E-state index in [1.807, 2.05) is 17.1 Å². The van der Waals surface area contributed by atoms with Crippen molar-refractivity contribution in [3.8, 4) is 11.3 Å². The second-order valence-corrected chi connectivity index (χ2v) is 5.41. The van der Waals surface area contributed by atoms with Gasteiger partial charge in [-0.2, -0.15) is 5.10 Å². The Labute approximate surface area is 114 Å². The molecule has 0 aliphatic heterocycles. The molecule has 0 spiro atoms. The number of hydrogen-bond donors (Lipinski definition) is 1. The van der Waals surface area contributed by atoms with Crippen molar-refractivity contribution in [1.82, 2.24) is 19.3 Å². The van der Waals surface area contributed by atoms with Gasteiger partial charge in [-0.25, -0.2) is 4.98 Å². The number of aromatic nitrogens is 4. The molecule has 0 aliphatic rings. The molecule has 0 aliphatic carbocycles. The lowest BCUT2D eigenvalue weighted by Crippen LogP contribution is -2.06. The van der Waals surface area contributed by atoms with E-state index in [0.29, 0.717) is 12.0 Å². The zero-order chi connectivity index (χ0) is 14.2. The van der Waals surface area contributed by atoms with Crippen LogP contribution in [0.25, 0.3) is 11.3 Å². The predicted molar refractivity (Wildman–Crippen MR) is 78.0 cm³/mol. The van der Waals surface area contributed by atoms with Gasteiger partial charge in [0, 0.05) is 30.3 Å². The molecule has 0 radical (unpaired) electrons. The van der Waals surface area contributed by atoms with Gasteiger partial charge in [0.25, 0.3) is 0 Å². The van der Waals surface area contributed by atoms with Crippen LogP contribution in [0.2, 0.25) is 0 Å². The second kappa shape index (κ2) is 5.07. The smallest absolute Gasteiger partial charge is 0.131 e. The molecule has 0 bridgehead atoms. The minimum Gasteiger partial charge on any atom is -0.383 e. The van der Waals surface area contributed by atoms with Crippen molar-refractivity contribution in [2.45, 2.75) is 53.1 Å². The minimum atomic E-state index is 0.341. The molecule has 0 saturated heterocycles. The van der Waals surface area contributed by atoms with Crippen molar-refractivity contribution in [2.24, 2.45) is 0 Å². The third kappa shape index (κ3) is 2.37. The average Bonchev–Trinajstić information content (AvgIpc) is 2.92. The van der Waals surface area contributed by atoms with Crippen LogP contribution in [0.1, 0.15) is 52.4 Å². The first kappa shape index (κ1) is 13.6. The summed E-state index contributed by atoms with van der Waals surface area (Å²) in [6.45, 7) is 11.4. The van der Waals surface area contributed by atoms with Crippen molar-refractivity contribution >= 4 is 5.82 Å². The van der Waals surface area contributed by atoms with E-state index in [1.54, 1.807) is 0 Å². The van der Waals surface area contributed by atoms with Crippen molar-refractivity contribution in [3.63, 3.8) is 0 Å². The van der Waals surface area contributed by atoms with Crippen LogP contribution in [0.4, 0.5) is 5.82 Å². The van der Waals surface area contributed by atoms with E-state index in [0.717, 1.165) is 29.4 Å². The normalized spacial score (nSPS) is 11.7. The maximum absolute atomic E-state index is 6.23. The molecule has 2 aromatic rings. The maximum Gasteiger partial charge on any atom is 0.131 e. The number of rotatable bonds is 4. The zero-order valence-electron chi connectivity index (χ0n) is 12.4. The third-order valence-electron chi connectivity index (χ3n) is 3.27. The summed E-state index contributed by atoms with van der Waals surface area (Å²) in [5.74, 6) is 2.12. The van der Waals surface area contributed by atoms with Crippen molar-refractivity contribution in [1.29, 1.82) is 0 Å². The van der Waals surface area contributed by atoms with Crippen LogP contribution in [0, 0.1) is 0 Å². The Morgan fingerprint density at radius 2 is 1.95 bits per heavy atom. The molecule has 0 aromatic carbocycles. The van der Waals surface area contributed by atoms with Crippen LogP contribution >= 0.6 is 0 Å². The summed E-state index contributed by atoms with van der Waals surface area (Å²) in [6, 6.07) is 0.341. The predicted octanol–water partition coefficient (Wildman–Crippen LogP) is 3.05. The largest absolute Gasteiger partial charge is 0.383 e. The van der Waals surface area contributed by atoms with Crippen LogP contribution in [0.15, 0.2) is 12.4 Å². The summed E-state index contributed by atoms with van der Waals surface area (Å²) in [5.41, 5.74) is 8.06. The minimum absolute atomic E-state index is 0.341. The van der Waals surface area contributed by atoms with Crippen LogP contribution in [0.5, 0.6) is 0 Å². The topological polar surface area (TPSA) is 61.7 Å². The quantitative estimate of drug-likeness (QED) is 0.920. The number of imidazole rings is 1. The fourth-order valence-electron chi connectivity index (χ4n) is 2.21. The van der Waals surface area contributed by atoms with Gasteiger partial charge in [-0.05, 0) is 20.8 Å². The molecule has 0 unspecified atom stereocenters. The van der Waals surface area contributed by atoms with Gasteiger partial charge in [-0.3, -0.25) is 4.68 Å². The lowest BCUT2D eigenvalue weighted by atomic mass is 10.2. The van der Waals surface area contributed by atoms with E-state index >= 15 is 0 Å². The van der Waals surface area contributed by atoms with Gasteiger partial charge in [-0.15, -0.1) is 0 Å². The first-order valence-electron chi connectivity index (χ1n) is 6.86. The molecule has 19 heavy (non-hydrogen) atoms. The molecule has 5 nitrogen and oxygen atoms in total. The van der Waals surface area contributed by atoms with Crippen molar-refractivity contribution in [2.75, 3.05) is 5.73 Å². The SMILES string of the molecule is CCn1c(C(C)C)nc(-c2cnn(C(C)C)c2)c1N. The third-order valence-corrected chi connectivity index (χ3v) is 3.27. The van der Waals surface area contributed by atoms with Crippen molar-refractivity contribution in [3.05, 3.63) is 18.2 Å². The highest BCUT2D eigenvalue weighted by Crippen LogP contribution is 2.29. The van der Waals surface area contributed by atoms with Gasteiger partial charge in [0.15, 0.2) is 0 Å². The molecular formula is C14H23N5. The maximum atomic E-state index is 6.23. The average molecular weight is 261 g/mol. The molecule has 2 aromatic heterocycles. The molecule has 104 valence electrons. The highest BCUT2D eigenvalue weighted by Gasteiger charge is 2.18. The summed E-state index contributed by atoms with van der Waals surface area (Å²) in [5, 5.41) is 4.35. The van der Waals surface area contributed by atoms with E-state index in [9.17, 15) is 0 Å². The van der Waals surface area contributed by atoms with E-state index in [4.69, 9.17) is 10.7 Å². The summed E-state index contributed by atoms with van der Waals surface area (Å²) in [6.07, 6.45) is 3.84. The van der Waals surface area contributed by atoms with Crippen LogP contribution in [0.3, 0.4) is 0 Å². The molecular weight excluding hydrogens is 238 g/mol. The number of nitrogens with zero attached hydrogens (tertiary/aromatic N) is 4. The molecule has 5 heteroatoms. The van der Waals surface area contributed by atoms with Crippen LogP contribution in [-0.4, -0.2) is 19.3 Å². The molecule has 0 amide bonds. The highest BCUT2D eigenvalue weighted by molar-refractivity contribution is 5.70. The molecule has 0 saturated carbocycles. The first-order chi connectivity index (χ1) is 8.95. The highest BCUT2D eigenvalue weighted by atomic mass is 15.3. The molecule has 2 N–H and O–H groups in total. The zero-order valence-corrected chi connectivity index (χ0v) is 12.4. The Kier molecular flexibility index (Phi) is 3.64. The van der Waals surface area contributed by atoms with Gasteiger partial charge >= 0.3 is 0 Å². The van der Waals surface area contributed by atoms with Crippen LogP contribution in [-0.2, 0) is 6.54 Å². The van der Waals surface area contributed by atoms with Gasteiger partial charge < -0.3 is 10.3 Å². The fraction of sp³-hybridized carbons (Fsp3) is 0.571. The fourth-order valence-corrected chi connectivity index (χ4v) is 2.21. The van der Waals surface area contributed by atoms with Gasteiger partial charge in [0.1, 0.15) is 17.3 Å². The number of anilines is 1. The summed E-state index contributed by atoms with van der Waals surface area (Å²) >= 11 is 0. The molecule has 0 fully saturated rings. The Morgan fingerprint density at radius 3 is 2.37 bits per heavy atom. The molecule has 2 rings (SSSR count). The summed E-state index contributed by atoms with van der Waals surface area (Å²) in [4.78, 5) is 4.71. The lowest BCUT2D eigenvalue weighted by molar-refractivity contribution is 0.532. The summed E-state index contributed by atoms with van der Waals surface area (Å²) < 4.78 is 4.00. The van der Waals surface area contributed by atoms with Gasteiger partial charge in [0.2, 0.25) is 0 Å². The van der Waals surface area contributed by atoms with Crippen molar-refractivity contribution < 1.29 is 0 Å². The monoisotopic (exact) mass is 261 g/mol. The van der Waals surface area contributed by atoms with Crippen LogP contribution < -0.4 is 5.73 Å². The lowest BCUT2D eigenvalue weighted by Gasteiger charge is -2.08. The number of hydrogen-bond acceptors (Lipinski definition) is 3. The molecule has 2 heterocycles. The second-order valence-electron chi connectivity index (χ2n) is 5.41. The molecule has 0 atom stereocenters. The Morgan fingerprint density at radius 1 is 1.26 bits per heavy atom.